The third-order valence-electron chi connectivity index (χ3n) is 4.81. The number of hydrogen-bond donors (Lipinski definition) is 2. The minimum atomic E-state index is -0.614. The highest BCUT2D eigenvalue weighted by Gasteiger charge is 2.33. The topological polar surface area (TPSA) is 87.7 Å². The van der Waals surface area contributed by atoms with E-state index in [1.807, 2.05) is 0 Å². The first-order chi connectivity index (χ1) is 14.3. The first-order valence-electron chi connectivity index (χ1n) is 9.17. The van der Waals surface area contributed by atoms with Crippen molar-refractivity contribution >= 4 is 52.5 Å². The summed E-state index contributed by atoms with van der Waals surface area (Å²) in [5.41, 5.74) is 2.06. The van der Waals surface area contributed by atoms with Gasteiger partial charge in [-0.05, 0) is 36.4 Å². The highest BCUT2D eigenvalue weighted by molar-refractivity contribution is 6.36. The molecular weight excluding hydrogens is 413 g/mol. The molecule has 2 aromatic rings. The van der Waals surface area contributed by atoms with Crippen LogP contribution in [0, 0.1) is 5.82 Å². The van der Waals surface area contributed by atoms with Crippen molar-refractivity contribution in [3.63, 3.8) is 0 Å². The largest absolute Gasteiger partial charge is 0.442 e. The maximum absolute atomic E-state index is 14.8. The molecule has 0 radical (unpaired) electrons. The van der Waals surface area contributed by atoms with Gasteiger partial charge < -0.3 is 15.4 Å². The number of ether oxygens (including phenoxy) is 1. The van der Waals surface area contributed by atoms with Crippen molar-refractivity contribution in [2.24, 2.45) is 0 Å². The first kappa shape index (κ1) is 19.9. The number of hydrogen-bond acceptors (Lipinski definition) is 4. The number of carbonyl (C=O) groups excluding carboxylic acids is 3. The van der Waals surface area contributed by atoms with Crippen molar-refractivity contribution in [3.8, 4) is 0 Å². The van der Waals surface area contributed by atoms with Crippen LogP contribution in [0.5, 0.6) is 0 Å². The van der Waals surface area contributed by atoms with Crippen molar-refractivity contribution in [1.29, 1.82) is 0 Å². The molecule has 0 aliphatic carbocycles. The van der Waals surface area contributed by atoms with E-state index >= 15 is 0 Å². The van der Waals surface area contributed by atoms with Crippen LogP contribution >= 0.6 is 11.6 Å². The summed E-state index contributed by atoms with van der Waals surface area (Å²) in [6.07, 6.45) is 0.324. The lowest BCUT2D eigenvalue weighted by Gasteiger charge is -2.14. The van der Waals surface area contributed by atoms with Crippen LogP contribution in [-0.4, -0.2) is 37.1 Å². The second-order valence-electron chi connectivity index (χ2n) is 6.96. The highest BCUT2D eigenvalue weighted by atomic mass is 35.5. The third-order valence-corrected chi connectivity index (χ3v) is 5.05. The molecule has 7 nitrogen and oxygen atoms in total. The maximum atomic E-state index is 14.8. The van der Waals surface area contributed by atoms with E-state index in [2.05, 4.69) is 10.6 Å². The van der Waals surface area contributed by atoms with Gasteiger partial charge in [0.2, 0.25) is 5.91 Å². The Labute approximate surface area is 176 Å². The Bertz CT molecular complexity index is 1100. The molecule has 9 heteroatoms. The maximum Gasteiger partial charge on any atom is 0.414 e. The summed E-state index contributed by atoms with van der Waals surface area (Å²) in [6, 6.07) is 9.27. The zero-order chi connectivity index (χ0) is 21.4. The Morgan fingerprint density at radius 2 is 2.13 bits per heavy atom. The molecule has 2 N–H and O–H groups in total. The molecule has 2 aliphatic heterocycles. The number of rotatable bonds is 4. The highest BCUT2D eigenvalue weighted by Crippen LogP contribution is 2.35. The van der Waals surface area contributed by atoms with Gasteiger partial charge in [0, 0.05) is 28.6 Å². The fraction of sp³-hybridized carbons (Fsp3) is 0.190. The number of nitrogens with zero attached hydrogens (tertiary/aromatic N) is 1. The predicted octanol–water partition coefficient (Wildman–Crippen LogP) is 3.43. The van der Waals surface area contributed by atoms with Gasteiger partial charge in [0.15, 0.2) is 0 Å². The Morgan fingerprint density at radius 1 is 1.33 bits per heavy atom. The summed E-state index contributed by atoms with van der Waals surface area (Å²) in [5.74, 6) is -1.17. The zero-order valence-corrected chi connectivity index (χ0v) is 16.6. The number of anilines is 2. The predicted molar refractivity (Wildman–Crippen MR) is 111 cm³/mol. The smallest absolute Gasteiger partial charge is 0.414 e. The molecule has 1 fully saturated rings. The summed E-state index contributed by atoms with van der Waals surface area (Å²) in [6.45, 7) is 1.74. The van der Waals surface area contributed by atoms with E-state index in [9.17, 15) is 18.8 Å². The standard InChI is InChI=1S/C21H17ClFN3O4/c1-11(27)24-9-15-10-26(21(29)30-15)14-4-2-12(18(23)8-14)6-17-16-5-3-13(22)7-19(16)25-20(17)28/h2-8,15H,9-10H2,1H3,(H,24,27)(H,25,28)/b17-6+/t15-/m0/s1. The van der Waals surface area contributed by atoms with Crippen molar-refractivity contribution in [2.45, 2.75) is 13.0 Å². The number of cyclic esters (lactones) is 1. The minimum Gasteiger partial charge on any atom is -0.442 e. The molecule has 1 saturated heterocycles. The summed E-state index contributed by atoms with van der Waals surface area (Å²) in [4.78, 5) is 36.7. The van der Waals surface area contributed by atoms with Crippen LogP contribution in [0.2, 0.25) is 5.02 Å². The monoisotopic (exact) mass is 429 g/mol. The lowest BCUT2D eigenvalue weighted by atomic mass is 10.0. The first-order valence-corrected chi connectivity index (χ1v) is 9.55. The van der Waals surface area contributed by atoms with E-state index in [1.54, 1.807) is 24.3 Å². The lowest BCUT2D eigenvalue weighted by Crippen LogP contribution is -2.33. The fourth-order valence-corrected chi connectivity index (χ4v) is 3.53. The van der Waals surface area contributed by atoms with Crippen LogP contribution in [0.3, 0.4) is 0 Å². The molecule has 4 rings (SSSR count). The van der Waals surface area contributed by atoms with E-state index in [0.717, 1.165) is 0 Å². The van der Waals surface area contributed by atoms with Crippen molar-refractivity contribution < 1.29 is 23.5 Å². The molecular formula is C21H17ClFN3O4. The van der Waals surface area contributed by atoms with Gasteiger partial charge in [-0.15, -0.1) is 0 Å². The van der Waals surface area contributed by atoms with E-state index in [1.165, 1.54) is 30.0 Å². The van der Waals surface area contributed by atoms with Crippen molar-refractivity contribution in [3.05, 3.63) is 58.4 Å². The fourth-order valence-electron chi connectivity index (χ4n) is 3.36. The Kier molecular flexibility index (Phi) is 5.17. The number of amides is 3. The second-order valence-corrected chi connectivity index (χ2v) is 7.40. The molecule has 2 aromatic carbocycles. The molecule has 0 spiro atoms. The summed E-state index contributed by atoms with van der Waals surface area (Å²) >= 11 is 5.95. The van der Waals surface area contributed by atoms with E-state index < -0.39 is 18.0 Å². The minimum absolute atomic E-state index is 0.183. The van der Waals surface area contributed by atoms with Crippen LogP contribution in [0.1, 0.15) is 18.1 Å². The molecule has 0 unspecified atom stereocenters. The van der Waals surface area contributed by atoms with Gasteiger partial charge in [0.25, 0.3) is 5.91 Å². The van der Waals surface area contributed by atoms with Gasteiger partial charge in [0.05, 0.1) is 24.5 Å². The third kappa shape index (κ3) is 3.86. The number of benzene rings is 2. The molecule has 0 aromatic heterocycles. The van der Waals surface area contributed by atoms with Gasteiger partial charge in [-0.1, -0.05) is 17.7 Å². The van der Waals surface area contributed by atoms with E-state index in [0.29, 0.717) is 27.5 Å². The zero-order valence-electron chi connectivity index (χ0n) is 15.9. The normalized spacial score (nSPS) is 19.0. The summed E-state index contributed by atoms with van der Waals surface area (Å²) in [5, 5.41) is 5.77. The molecule has 1 atom stereocenters. The van der Waals surface area contributed by atoms with Crippen LogP contribution in [0.15, 0.2) is 36.4 Å². The van der Waals surface area contributed by atoms with Crippen molar-refractivity contribution in [1.82, 2.24) is 5.32 Å². The van der Waals surface area contributed by atoms with Gasteiger partial charge in [-0.2, -0.15) is 0 Å². The molecule has 0 saturated carbocycles. The Hall–Kier alpha value is -3.39. The number of halogens is 2. The second kappa shape index (κ2) is 7.79. The number of nitrogens with one attached hydrogen (secondary N) is 2. The number of fused-ring (bicyclic) bond motifs is 1. The molecule has 2 aliphatic rings. The molecule has 154 valence electrons. The van der Waals surface area contributed by atoms with E-state index in [4.69, 9.17) is 16.3 Å². The van der Waals surface area contributed by atoms with Crippen LogP contribution in [0.4, 0.5) is 20.6 Å². The Morgan fingerprint density at radius 3 is 2.87 bits per heavy atom. The average molecular weight is 430 g/mol. The van der Waals surface area contributed by atoms with E-state index in [-0.39, 0.29) is 30.5 Å². The van der Waals surface area contributed by atoms with Crippen LogP contribution < -0.4 is 15.5 Å². The molecule has 2 heterocycles. The van der Waals surface area contributed by atoms with Gasteiger partial charge in [-0.3, -0.25) is 14.5 Å². The van der Waals surface area contributed by atoms with Gasteiger partial charge in [-0.25, -0.2) is 9.18 Å². The van der Waals surface area contributed by atoms with Crippen molar-refractivity contribution in [2.75, 3.05) is 23.3 Å². The molecule has 30 heavy (non-hydrogen) atoms. The van der Waals surface area contributed by atoms with Gasteiger partial charge in [0.1, 0.15) is 11.9 Å². The molecule has 0 bridgehead atoms. The SMILES string of the molecule is CC(=O)NC[C@H]1CN(c2ccc(/C=C3/C(=O)Nc4cc(Cl)ccc43)c(F)c2)C(=O)O1. The number of carbonyl (C=O) groups is 3. The summed E-state index contributed by atoms with van der Waals surface area (Å²) in [7, 11) is 0. The van der Waals surface area contributed by atoms with Crippen LogP contribution in [-0.2, 0) is 14.3 Å². The van der Waals surface area contributed by atoms with Crippen LogP contribution in [0.25, 0.3) is 11.6 Å². The summed E-state index contributed by atoms with van der Waals surface area (Å²) < 4.78 is 20.0. The lowest BCUT2D eigenvalue weighted by molar-refractivity contribution is -0.119. The quantitative estimate of drug-likeness (QED) is 0.729. The average Bonchev–Trinajstić information content (AvgIpc) is 3.20. The Balaban J connectivity index is 1.56. The molecule has 3 amide bonds. The van der Waals surface area contributed by atoms with Gasteiger partial charge >= 0.3 is 6.09 Å².